The van der Waals surface area contributed by atoms with Crippen LogP contribution >= 0.6 is 50.4 Å². The van der Waals surface area contributed by atoms with Crippen molar-refractivity contribution >= 4 is 55.5 Å². The van der Waals surface area contributed by atoms with Gasteiger partial charge in [0.15, 0.2) is 15.8 Å². The Labute approximate surface area is 165 Å². The third-order valence-corrected chi connectivity index (χ3v) is 7.26. The smallest absolute Gasteiger partial charge is 0.231 e. The van der Waals surface area contributed by atoms with Gasteiger partial charge in [-0.2, -0.15) is 0 Å². The molecule has 3 heterocycles. The zero-order valence-corrected chi connectivity index (χ0v) is 17.1. The second-order valence-corrected chi connectivity index (χ2v) is 9.30. The maximum absolute atomic E-state index is 5.44. The number of anilines is 1. The average Bonchev–Trinajstić information content (AvgIpc) is 3.34. The molecule has 0 saturated carbocycles. The lowest BCUT2D eigenvalue weighted by Crippen LogP contribution is -2.03. The summed E-state index contributed by atoms with van der Waals surface area (Å²) in [5.41, 5.74) is 1.15. The summed E-state index contributed by atoms with van der Waals surface area (Å²) in [7, 11) is 0. The Morgan fingerprint density at radius 3 is 2.96 bits per heavy atom. The normalized spacial score (nSPS) is 12.5. The van der Waals surface area contributed by atoms with Gasteiger partial charge in [0.1, 0.15) is 0 Å². The van der Waals surface area contributed by atoms with Gasteiger partial charge in [-0.1, -0.05) is 45.1 Å². The van der Waals surface area contributed by atoms with Crippen LogP contribution in [0.2, 0.25) is 0 Å². The number of aromatic nitrogens is 2. The summed E-state index contributed by atoms with van der Waals surface area (Å²) in [4.78, 5) is 1.37. The molecule has 2 aromatic heterocycles. The maximum atomic E-state index is 5.44. The molecule has 0 unspecified atom stereocenters. The van der Waals surface area contributed by atoms with Gasteiger partial charge in [0, 0.05) is 21.6 Å². The van der Waals surface area contributed by atoms with E-state index in [1.165, 1.54) is 4.88 Å². The fourth-order valence-corrected chi connectivity index (χ4v) is 5.42. The van der Waals surface area contributed by atoms with Crippen molar-refractivity contribution in [3.63, 3.8) is 0 Å². The molecule has 0 aliphatic carbocycles. The van der Waals surface area contributed by atoms with Crippen molar-refractivity contribution in [1.82, 2.24) is 10.2 Å². The summed E-state index contributed by atoms with van der Waals surface area (Å²) >= 11 is 8.62. The third kappa shape index (κ3) is 4.28. The summed E-state index contributed by atoms with van der Waals surface area (Å²) in [6.07, 6.45) is 1.00. The molecular formula is C16H14BrN3O2S3. The van der Waals surface area contributed by atoms with Crippen LogP contribution in [0.5, 0.6) is 11.5 Å². The van der Waals surface area contributed by atoms with Gasteiger partial charge in [-0.15, -0.1) is 21.5 Å². The molecule has 0 atom stereocenters. The van der Waals surface area contributed by atoms with Crippen LogP contribution in [0.3, 0.4) is 0 Å². The molecule has 1 aliphatic rings. The highest BCUT2D eigenvalue weighted by molar-refractivity contribution is 9.10. The molecule has 5 nitrogen and oxygen atoms in total. The first-order valence-corrected chi connectivity index (χ1v) is 11.1. The van der Waals surface area contributed by atoms with Gasteiger partial charge in [-0.25, -0.2) is 0 Å². The lowest BCUT2D eigenvalue weighted by Gasteiger charge is -2.04. The zero-order chi connectivity index (χ0) is 17.1. The van der Waals surface area contributed by atoms with Crippen LogP contribution < -0.4 is 14.8 Å². The van der Waals surface area contributed by atoms with Crippen LogP contribution in [-0.2, 0) is 12.2 Å². The number of nitrogens with one attached hydrogen (secondary N) is 1. The number of nitrogens with zero attached hydrogens (tertiary/aromatic N) is 2. The number of rotatable bonds is 7. The number of halogens is 1. The summed E-state index contributed by atoms with van der Waals surface area (Å²) < 4.78 is 12.8. The number of thiophene rings is 1. The van der Waals surface area contributed by atoms with E-state index in [1.807, 2.05) is 12.1 Å². The average molecular weight is 456 g/mol. The van der Waals surface area contributed by atoms with Crippen LogP contribution in [-0.4, -0.2) is 23.5 Å². The highest BCUT2D eigenvalue weighted by Crippen LogP contribution is 2.39. The van der Waals surface area contributed by atoms with Gasteiger partial charge in [0.2, 0.25) is 11.9 Å². The fraction of sp³-hybridized carbons (Fsp3) is 0.250. The fourth-order valence-electron chi connectivity index (χ4n) is 2.30. The van der Waals surface area contributed by atoms with Crippen molar-refractivity contribution in [3.8, 4) is 11.5 Å². The summed E-state index contributed by atoms with van der Waals surface area (Å²) in [5, 5.41) is 14.8. The van der Waals surface area contributed by atoms with Crippen molar-refractivity contribution in [2.24, 2.45) is 0 Å². The van der Waals surface area contributed by atoms with Crippen molar-refractivity contribution in [2.75, 3.05) is 18.7 Å². The number of thioether (sulfide) groups is 1. The molecule has 1 aromatic carbocycles. The number of fused-ring (bicyclic) bond motifs is 1. The molecule has 0 spiro atoms. The molecule has 25 heavy (non-hydrogen) atoms. The zero-order valence-electron chi connectivity index (χ0n) is 13.0. The van der Waals surface area contributed by atoms with E-state index >= 15 is 0 Å². The number of hydrogen-bond acceptors (Lipinski definition) is 8. The molecule has 1 aliphatic heterocycles. The molecule has 1 N–H and O–H groups in total. The monoisotopic (exact) mass is 455 g/mol. The standard InChI is InChI=1S/C16H14BrN3O2S3/c17-12-7-14-13(21-9-22-14)6-10(12)8-24-16-20-19-15(25-16)18-4-3-11-2-1-5-23-11/h1-2,5-7H,3-4,8-9H2,(H,18,19). The summed E-state index contributed by atoms with van der Waals surface area (Å²) in [6.45, 7) is 1.16. The number of ether oxygens (including phenoxy) is 2. The Morgan fingerprint density at radius 2 is 2.12 bits per heavy atom. The van der Waals surface area contributed by atoms with E-state index in [0.29, 0.717) is 0 Å². The summed E-state index contributed by atoms with van der Waals surface area (Å²) in [6, 6.07) is 8.20. The predicted molar refractivity (Wildman–Crippen MR) is 106 cm³/mol. The first-order valence-electron chi connectivity index (χ1n) is 7.58. The molecule has 9 heteroatoms. The van der Waals surface area contributed by atoms with Crippen molar-refractivity contribution in [2.45, 2.75) is 16.5 Å². The van der Waals surface area contributed by atoms with E-state index in [2.05, 4.69) is 49.0 Å². The van der Waals surface area contributed by atoms with Gasteiger partial charge in [-0.3, -0.25) is 0 Å². The van der Waals surface area contributed by atoms with E-state index in [1.54, 1.807) is 34.4 Å². The van der Waals surface area contributed by atoms with Gasteiger partial charge in [0.05, 0.1) is 0 Å². The highest BCUT2D eigenvalue weighted by atomic mass is 79.9. The Balaban J connectivity index is 1.31. The Bertz CT molecular complexity index is 854. The largest absolute Gasteiger partial charge is 0.454 e. The Kier molecular flexibility index (Phi) is 5.45. The van der Waals surface area contributed by atoms with Gasteiger partial charge in [-0.05, 0) is 35.6 Å². The van der Waals surface area contributed by atoms with Crippen LogP contribution in [0.1, 0.15) is 10.4 Å². The second kappa shape index (κ2) is 7.94. The lowest BCUT2D eigenvalue weighted by molar-refractivity contribution is 0.174. The SMILES string of the molecule is Brc1cc2c(cc1CSc1nnc(NCCc3cccs3)s1)OCO2. The molecule has 4 rings (SSSR count). The van der Waals surface area contributed by atoms with Crippen molar-refractivity contribution < 1.29 is 9.47 Å². The van der Waals surface area contributed by atoms with E-state index in [9.17, 15) is 0 Å². The molecule has 0 bridgehead atoms. The Morgan fingerprint density at radius 1 is 1.24 bits per heavy atom. The first-order chi connectivity index (χ1) is 12.3. The molecule has 0 saturated heterocycles. The molecule has 0 fully saturated rings. The lowest BCUT2D eigenvalue weighted by atomic mass is 10.2. The predicted octanol–water partition coefficient (Wildman–Crippen LogP) is 5.04. The van der Waals surface area contributed by atoms with Crippen LogP contribution in [0.4, 0.5) is 5.13 Å². The maximum Gasteiger partial charge on any atom is 0.231 e. The topological polar surface area (TPSA) is 56.3 Å². The minimum atomic E-state index is 0.287. The Hall–Kier alpha value is -1.29. The van der Waals surface area contributed by atoms with Gasteiger partial charge >= 0.3 is 0 Å². The minimum absolute atomic E-state index is 0.287. The number of benzene rings is 1. The quantitative estimate of drug-likeness (QED) is 0.503. The van der Waals surface area contributed by atoms with Crippen molar-refractivity contribution in [1.29, 1.82) is 0 Å². The summed E-state index contributed by atoms with van der Waals surface area (Å²) in [5.74, 6) is 2.38. The molecule has 3 aromatic rings. The molecule has 0 amide bonds. The molecule has 0 radical (unpaired) electrons. The highest BCUT2D eigenvalue weighted by Gasteiger charge is 2.16. The third-order valence-electron chi connectivity index (χ3n) is 3.53. The van der Waals surface area contributed by atoms with Crippen LogP contribution in [0, 0.1) is 0 Å². The second-order valence-electron chi connectivity index (χ2n) is 5.21. The van der Waals surface area contributed by atoms with Gasteiger partial charge in [0.25, 0.3) is 0 Å². The van der Waals surface area contributed by atoms with Crippen LogP contribution in [0.15, 0.2) is 38.5 Å². The number of hydrogen-bond donors (Lipinski definition) is 1. The van der Waals surface area contributed by atoms with Crippen molar-refractivity contribution in [3.05, 3.63) is 44.6 Å². The van der Waals surface area contributed by atoms with Gasteiger partial charge < -0.3 is 14.8 Å². The first kappa shape index (κ1) is 17.1. The van der Waals surface area contributed by atoms with E-state index < -0.39 is 0 Å². The molecular weight excluding hydrogens is 442 g/mol. The van der Waals surface area contributed by atoms with E-state index in [4.69, 9.17) is 9.47 Å². The molecule has 130 valence electrons. The van der Waals surface area contributed by atoms with E-state index in [-0.39, 0.29) is 6.79 Å². The van der Waals surface area contributed by atoms with Crippen LogP contribution in [0.25, 0.3) is 0 Å². The van der Waals surface area contributed by atoms with E-state index in [0.717, 1.165) is 49.7 Å². The minimum Gasteiger partial charge on any atom is -0.454 e.